The van der Waals surface area contributed by atoms with Gasteiger partial charge >= 0.3 is 0 Å². The molecule has 86 valence electrons. The van der Waals surface area contributed by atoms with E-state index < -0.39 is 0 Å². The van der Waals surface area contributed by atoms with E-state index in [1.165, 1.54) is 6.20 Å². The van der Waals surface area contributed by atoms with E-state index in [0.29, 0.717) is 0 Å². The van der Waals surface area contributed by atoms with Crippen LogP contribution in [0.2, 0.25) is 0 Å². The highest BCUT2D eigenvalue weighted by molar-refractivity contribution is 5.71. The second-order valence-electron chi connectivity index (χ2n) is 3.84. The number of hydrogen-bond acceptors (Lipinski definition) is 4. The van der Waals surface area contributed by atoms with Gasteiger partial charge in [0.25, 0.3) is 0 Å². The lowest BCUT2D eigenvalue weighted by Gasteiger charge is -2.17. The van der Waals surface area contributed by atoms with Crippen LogP contribution in [0.3, 0.4) is 0 Å². The molecule has 0 heterocycles. The Balaban J connectivity index is 3.06. The lowest BCUT2D eigenvalue weighted by atomic mass is 10.2. The highest BCUT2D eigenvalue weighted by Gasteiger charge is 2.03. The molecule has 0 aromatic heterocycles. The van der Waals surface area contributed by atoms with Gasteiger partial charge < -0.3 is 10.2 Å². The van der Waals surface area contributed by atoms with Crippen LogP contribution < -0.4 is 10.2 Å². The molecule has 1 rings (SSSR count). The molecule has 0 fully saturated rings. The molecule has 1 aromatic carbocycles. The Labute approximate surface area is 101 Å². The molecule has 4 heteroatoms. The molecule has 0 spiro atoms. The van der Waals surface area contributed by atoms with Crippen LogP contribution >= 0.6 is 0 Å². The first kappa shape index (κ1) is 12.6. The summed E-state index contributed by atoms with van der Waals surface area (Å²) in [6, 6.07) is 9.59. The molecule has 0 radical (unpaired) electrons. The predicted octanol–water partition coefficient (Wildman–Crippen LogP) is 2.40. The van der Waals surface area contributed by atoms with Crippen molar-refractivity contribution >= 4 is 11.4 Å². The van der Waals surface area contributed by atoms with Crippen molar-refractivity contribution in [3.63, 3.8) is 0 Å². The SMILES string of the molecule is Cc1ccc(N(C)C)c(NC=C(C#N)C#N)c1. The van der Waals surface area contributed by atoms with Crippen molar-refractivity contribution in [3.8, 4) is 12.1 Å². The van der Waals surface area contributed by atoms with E-state index in [0.717, 1.165) is 16.9 Å². The smallest absolute Gasteiger partial charge is 0.145 e. The monoisotopic (exact) mass is 226 g/mol. The lowest BCUT2D eigenvalue weighted by Crippen LogP contribution is -2.11. The average Bonchev–Trinajstić information content (AvgIpc) is 2.30. The van der Waals surface area contributed by atoms with Crippen LogP contribution in [0.25, 0.3) is 0 Å². The van der Waals surface area contributed by atoms with Crippen molar-refractivity contribution in [2.75, 3.05) is 24.3 Å². The summed E-state index contributed by atoms with van der Waals surface area (Å²) in [6.07, 6.45) is 1.42. The highest BCUT2D eigenvalue weighted by atomic mass is 15.1. The van der Waals surface area contributed by atoms with Gasteiger partial charge in [0, 0.05) is 20.3 Å². The molecule has 0 atom stereocenters. The third kappa shape index (κ3) is 3.25. The van der Waals surface area contributed by atoms with Gasteiger partial charge in [-0.3, -0.25) is 0 Å². The van der Waals surface area contributed by atoms with Crippen molar-refractivity contribution in [1.29, 1.82) is 10.5 Å². The second kappa shape index (κ2) is 5.58. The number of anilines is 2. The van der Waals surface area contributed by atoms with Crippen molar-refractivity contribution in [2.45, 2.75) is 6.92 Å². The first-order valence-electron chi connectivity index (χ1n) is 5.13. The first-order valence-corrected chi connectivity index (χ1v) is 5.13. The zero-order valence-electron chi connectivity index (χ0n) is 10.2. The third-order valence-corrected chi connectivity index (χ3v) is 2.25. The second-order valence-corrected chi connectivity index (χ2v) is 3.84. The van der Waals surface area contributed by atoms with E-state index in [9.17, 15) is 0 Å². The summed E-state index contributed by atoms with van der Waals surface area (Å²) in [6.45, 7) is 1.99. The Morgan fingerprint density at radius 1 is 1.29 bits per heavy atom. The third-order valence-electron chi connectivity index (χ3n) is 2.25. The summed E-state index contributed by atoms with van der Waals surface area (Å²) in [7, 11) is 3.88. The van der Waals surface area contributed by atoms with Crippen LogP contribution in [0.1, 0.15) is 5.56 Å². The van der Waals surface area contributed by atoms with Gasteiger partial charge in [-0.25, -0.2) is 0 Å². The first-order chi connectivity index (χ1) is 8.08. The minimum Gasteiger partial charge on any atom is -0.376 e. The topological polar surface area (TPSA) is 62.9 Å². The highest BCUT2D eigenvalue weighted by Crippen LogP contribution is 2.25. The average molecular weight is 226 g/mol. The Morgan fingerprint density at radius 3 is 2.47 bits per heavy atom. The fourth-order valence-corrected chi connectivity index (χ4v) is 1.39. The number of allylic oxidation sites excluding steroid dienone is 1. The minimum absolute atomic E-state index is 0.0520. The van der Waals surface area contributed by atoms with Gasteiger partial charge in [0.1, 0.15) is 17.7 Å². The van der Waals surface area contributed by atoms with E-state index in [2.05, 4.69) is 5.32 Å². The summed E-state index contributed by atoms with van der Waals surface area (Å²) in [4.78, 5) is 1.97. The maximum Gasteiger partial charge on any atom is 0.145 e. The largest absolute Gasteiger partial charge is 0.376 e. The molecule has 0 aliphatic carbocycles. The number of rotatable bonds is 3. The fraction of sp³-hybridized carbons (Fsp3) is 0.231. The van der Waals surface area contributed by atoms with E-state index >= 15 is 0 Å². The van der Waals surface area contributed by atoms with Gasteiger partial charge in [0.2, 0.25) is 0 Å². The van der Waals surface area contributed by atoms with Gasteiger partial charge in [-0.1, -0.05) is 6.07 Å². The van der Waals surface area contributed by atoms with Crippen LogP contribution in [-0.2, 0) is 0 Å². The summed E-state index contributed by atoms with van der Waals surface area (Å²) in [5, 5.41) is 20.3. The van der Waals surface area contributed by atoms with Crippen LogP contribution in [0.5, 0.6) is 0 Å². The number of hydrogen-bond donors (Lipinski definition) is 1. The summed E-state index contributed by atoms with van der Waals surface area (Å²) in [5.41, 5.74) is 3.04. The van der Waals surface area contributed by atoms with Gasteiger partial charge in [0.05, 0.1) is 11.4 Å². The van der Waals surface area contributed by atoms with Gasteiger partial charge in [-0.05, 0) is 24.6 Å². The maximum absolute atomic E-state index is 8.65. The number of aryl methyl sites for hydroxylation is 1. The molecule has 1 aromatic rings. The summed E-state index contributed by atoms with van der Waals surface area (Å²) < 4.78 is 0. The Morgan fingerprint density at radius 2 is 1.94 bits per heavy atom. The Bertz CT molecular complexity index is 499. The Hall–Kier alpha value is -2.46. The van der Waals surface area contributed by atoms with E-state index in [1.54, 1.807) is 0 Å². The zero-order chi connectivity index (χ0) is 12.8. The molecule has 17 heavy (non-hydrogen) atoms. The number of nitrogens with one attached hydrogen (secondary N) is 1. The van der Waals surface area contributed by atoms with Crippen LogP contribution in [0.4, 0.5) is 11.4 Å². The van der Waals surface area contributed by atoms with Crippen molar-refractivity contribution < 1.29 is 0 Å². The number of nitriles is 2. The lowest BCUT2D eigenvalue weighted by molar-refractivity contribution is 1.13. The molecule has 0 unspecified atom stereocenters. The zero-order valence-corrected chi connectivity index (χ0v) is 10.2. The van der Waals surface area contributed by atoms with Crippen molar-refractivity contribution in [3.05, 3.63) is 35.5 Å². The molecule has 0 aliphatic rings. The normalized spacial score (nSPS) is 8.76. The molecule has 0 saturated carbocycles. The maximum atomic E-state index is 8.65. The quantitative estimate of drug-likeness (QED) is 0.804. The van der Waals surface area contributed by atoms with Crippen molar-refractivity contribution in [1.82, 2.24) is 0 Å². The van der Waals surface area contributed by atoms with Crippen LogP contribution in [0.15, 0.2) is 30.0 Å². The van der Waals surface area contributed by atoms with E-state index in [1.807, 2.05) is 56.3 Å². The molecule has 0 saturated heterocycles. The van der Waals surface area contributed by atoms with E-state index in [4.69, 9.17) is 10.5 Å². The van der Waals surface area contributed by atoms with Gasteiger partial charge in [-0.15, -0.1) is 0 Å². The van der Waals surface area contributed by atoms with Crippen molar-refractivity contribution in [2.24, 2.45) is 0 Å². The van der Waals surface area contributed by atoms with Gasteiger partial charge in [-0.2, -0.15) is 10.5 Å². The summed E-state index contributed by atoms with van der Waals surface area (Å²) >= 11 is 0. The molecule has 0 aliphatic heterocycles. The molecular formula is C13H14N4. The number of benzene rings is 1. The molecular weight excluding hydrogens is 212 g/mol. The molecule has 0 bridgehead atoms. The predicted molar refractivity (Wildman–Crippen MR) is 68.4 cm³/mol. The van der Waals surface area contributed by atoms with E-state index in [-0.39, 0.29) is 5.57 Å². The fourth-order valence-electron chi connectivity index (χ4n) is 1.39. The van der Waals surface area contributed by atoms with Crippen LogP contribution in [0, 0.1) is 29.6 Å². The molecule has 4 nitrogen and oxygen atoms in total. The van der Waals surface area contributed by atoms with Gasteiger partial charge in [0.15, 0.2) is 0 Å². The Kier molecular flexibility index (Phi) is 4.14. The standard InChI is InChI=1S/C13H14N4/c1-10-4-5-13(17(2)3)12(6-10)16-9-11(7-14)8-15/h4-6,9,16H,1-3H3. The van der Waals surface area contributed by atoms with Crippen LogP contribution in [-0.4, -0.2) is 14.1 Å². The summed E-state index contributed by atoms with van der Waals surface area (Å²) in [5.74, 6) is 0. The molecule has 1 N–H and O–H groups in total. The molecule has 0 amide bonds. The minimum atomic E-state index is 0.0520. The number of nitrogens with zero attached hydrogens (tertiary/aromatic N) is 3.